The van der Waals surface area contributed by atoms with Crippen LogP contribution in [0.3, 0.4) is 0 Å². The number of rotatable bonds is 1. The molecule has 0 bridgehead atoms. The van der Waals surface area contributed by atoms with Gasteiger partial charge < -0.3 is 4.42 Å². The first-order valence-electron chi connectivity index (χ1n) is 6.17. The van der Waals surface area contributed by atoms with Crippen molar-refractivity contribution in [2.24, 2.45) is 0 Å². The minimum atomic E-state index is 0.124. The van der Waals surface area contributed by atoms with E-state index in [0.29, 0.717) is 6.42 Å². The summed E-state index contributed by atoms with van der Waals surface area (Å²) in [5.74, 6) is 0.278. The number of para-hydroxylation sites is 1. The smallest absolute Gasteiger partial charge is 0.232 e. The van der Waals surface area contributed by atoms with Crippen molar-refractivity contribution < 1.29 is 9.21 Å². The van der Waals surface area contributed by atoms with Crippen molar-refractivity contribution in [1.82, 2.24) is 0 Å². The maximum absolute atomic E-state index is 12.4. The maximum Gasteiger partial charge on any atom is 0.232 e. The Morgan fingerprint density at radius 2 is 2.16 bits per heavy atom. The molecule has 1 atom stereocenters. The van der Waals surface area contributed by atoms with Gasteiger partial charge in [-0.25, -0.2) is 0 Å². The first-order chi connectivity index (χ1) is 9.33. The maximum atomic E-state index is 12.4. The van der Waals surface area contributed by atoms with Gasteiger partial charge in [0.1, 0.15) is 0 Å². The third-order valence-electron chi connectivity index (χ3n) is 3.50. The number of thioether (sulfide) groups is 1. The Labute approximate surface area is 114 Å². The van der Waals surface area contributed by atoms with Gasteiger partial charge in [0.25, 0.3) is 0 Å². The fourth-order valence-corrected chi connectivity index (χ4v) is 3.74. The van der Waals surface area contributed by atoms with Crippen molar-refractivity contribution in [3.63, 3.8) is 0 Å². The molecule has 19 heavy (non-hydrogen) atoms. The molecule has 0 unspecified atom stereocenters. The van der Waals surface area contributed by atoms with Crippen molar-refractivity contribution in [1.29, 1.82) is 0 Å². The largest absolute Gasteiger partial charge is 0.472 e. The Hall–Kier alpha value is -1.94. The highest BCUT2D eigenvalue weighted by Crippen LogP contribution is 2.49. The first kappa shape index (κ1) is 10.9. The fraction of sp³-hybridized carbons (Fsp3) is 0.133. The molecular weight excluding hydrogens is 258 g/mol. The molecule has 0 spiro atoms. The Morgan fingerprint density at radius 1 is 1.26 bits per heavy atom. The molecule has 2 aliphatic heterocycles. The first-order valence-corrected chi connectivity index (χ1v) is 6.98. The van der Waals surface area contributed by atoms with Crippen molar-refractivity contribution in [3.8, 4) is 0 Å². The quantitative estimate of drug-likeness (QED) is 0.790. The lowest BCUT2D eigenvalue weighted by molar-refractivity contribution is -0.118. The average Bonchev–Trinajstić information content (AvgIpc) is 3.05. The van der Waals surface area contributed by atoms with Crippen LogP contribution in [0.5, 0.6) is 0 Å². The SMILES string of the molecule is O=C1C[C@H](c2ccoc2)C=C2Sc3ccccc3N12. The minimum Gasteiger partial charge on any atom is -0.472 e. The number of carbonyl (C=O) groups excluding carboxylic acids is 1. The van der Waals surface area contributed by atoms with E-state index in [1.165, 1.54) is 0 Å². The highest BCUT2D eigenvalue weighted by atomic mass is 32.2. The van der Waals surface area contributed by atoms with Crippen LogP contribution in [0, 0.1) is 0 Å². The predicted molar refractivity (Wildman–Crippen MR) is 73.9 cm³/mol. The summed E-state index contributed by atoms with van der Waals surface area (Å²) in [6.45, 7) is 0. The molecule has 3 nitrogen and oxygen atoms in total. The van der Waals surface area contributed by atoms with Gasteiger partial charge in [-0.15, -0.1) is 0 Å². The predicted octanol–water partition coefficient (Wildman–Crippen LogP) is 3.75. The lowest BCUT2D eigenvalue weighted by atomic mass is 9.95. The molecule has 3 heterocycles. The van der Waals surface area contributed by atoms with Crippen LogP contribution in [0.1, 0.15) is 17.9 Å². The summed E-state index contributed by atoms with van der Waals surface area (Å²) in [7, 11) is 0. The molecule has 2 aromatic rings. The molecule has 1 amide bonds. The van der Waals surface area contributed by atoms with E-state index < -0.39 is 0 Å². The number of hydrogen-bond donors (Lipinski definition) is 0. The van der Waals surface area contributed by atoms with E-state index in [-0.39, 0.29) is 11.8 Å². The highest BCUT2D eigenvalue weighted by molar-refractivity contribution is 8.03. The summed E-state index contributed by atoms with van der Waals surface area (Å²) in [4.78, 5) is 15.4. The van der Waals surface area contributed by atoms with Crippen LogP contribution in [-0.4, -0.2) is 5.91 Å². The van der Waals surface area contributed by atoms with Crippen molar-refractivity contribution >= 4 is 23.4 Å². The summed E-state index contributed by atoms with van der Waals surface area (Å²) in [6.07, 6.45) is 6.04. The molecule has 0 aliphatic carbocycles. The molecule has 1 aromatic heterocycles. The summed E-state index contributed by atoms with van der Waals surface area (Å²) in [5.41, 5.74) is 2.08. The van der Waals surface area contributed by atoms with Crippen LogP contribution >= 0.6 is 11.8 Å². The van der Waals surface area contributed by atoms with Gasteiger partial charge in [-0.3, -0.25) is 9.69 Å². The Bertz CT molecular complexity index is 675. The van der Waals surface area contributed by atoms with E-state index >= 15 is 0 Å². The van der Waals surface area contributed by atoms with Crippen LogP contribution < -0.4 is 4.90 Å². The van der Waals surface area contributed by atoms with Crippen LogP contribution in [0.15, 0.2) is 63.3 Å². The van der Waals surface area contributed by atoms with Gasteiger partial charge in [-0.05, 0) is 29.8 Å². The standard InChI is InChI=1S/C15H11NO2S/c17-14-7-11(10-5-6-18-9-10)8-15-16(14)12-3-1-2-4-13(12)19-15/h1-6,8-9,11H,7H2/t11-/m0/s1. The lowest BCUT2D eigenvalue weighted by Gasteiger charge is -2.26. The molecular formula is C15H11NO2S. The van der Waals surface area contributed by atoms with E-state index in [9.17, 15) is 4.79 Å². The zero-order chi connectivity index (χ0) is 12.8. The van der Waals surface area contributed by atoms with Crippen LogP contribution in [-0.2, 0) is 4.79 Å². The van der Waals surface area contributed by atoms with E-state index in [4.69, 9.17) is 4.42 Å². The van der Waals surface area contributed by atoms with Gasteiger partial charge in [0, 0.05) is 17.2 Å². The Balaban J connectivity index is 1.78. The fourth-order valence-electron chi connectivity index (χ4n) is 2.58. The van der Waals surface area contributed by atoms with Gasteiger partial charge in [0.05, 0.1) is 23.2 Å². The zero-order valence-electron chi connectivity index (χ0n) is 10.1. The Morgan fingerprint density at radius 3 is 3.00 bits per heavy atom. The normalized spacial score (nSPS) is 21.1. The van der Waals surface area contributed by atoms with Crippen molar-refractivity contribution in [2.45, 2.75) is 17.2 Å². The summed E-state index contributed by atoms with van der Waals surface area (Å²) in [5, 5.41) is 1.02. The highest BCUT2D eigenvalue weighted by Gasteiger charge is 2.35. The lowest BCUT2D eigenvalue weighted by Crippen LogP contribution is -2.31. The summed E-state index contributed by atoms with van der Waals surface area (Å²) >= 11 is 1.66. The van der Waals surface area contributed by atoms with Crippen LogP contribution in [0.2, 0.25) is 0 Å². The third kappa shape index (κ3) is 1.64. The van der Waals surface area contributed by atoms with Crippen molar-refractivity contribution in [3.05, 3.63) is 59.5 Å². The number of anilines is 1. The third-order valence-corrected chi connectivity index (χ3v) is 4.59. The molecule has 0 fully saturated rings. The van der Waals surface area contributed by atoms with Crippen LogP contribution in [0.25, 0.3) is 0 Å². The number of hydrogen-bond acceptors (Lipinski definition) is 3. The monoisotopic (exact) mass is 269 g/mol. The van der Waals surface area contributed by atoms with E-state index in [0.717, 1.165) is 21.2 Å². The molecule has 0 saturated heterocycles. The summed E-state index contributed by atoms with van der Waals surface area (Å²) < 4.78 is 5.12. The van der Waals surface area contributed by atoms with E-state index in [1.807, 2.05) is 29.2 Å². The molecule has 2 aliphatic rings. The van der Waals surface area contributed by atoms with Gasteiger partial charge >= 0.3 is 0 Å². The van der Waals surface area contributed by atoms with Gasteiger partial charge in [-0.1, -0.05) is 23.9 Å². The molecule has 94 valence electrons. The van der Waals surface area contributed by atoms with E-state index in [2.05, 4.69) is 12.1 Å². The number of fused-ring (bicyclic) bond motifs is 3. The second-order valence-corrected chi connectivity index (χ2v) is 5.73. The minimum absolute atomic E-state index is 0.124. The molecule has 0 radical (unpaired) electrons. The second-order valence-electron chi connectivity index (χ2n) is 4.67. The molecule has 4 rings (SSSR count). The molecule has 4 heteroatoms. The number of nitrogens with zero attached hydrogens (tertiary/aromatic N) is 1. The van der Waals surface area contributed by atoms with E-state index in [1.54, 1.807) is 24.3 Å². The summed E-state index contributed by atoms with van der Waals surface area (Å²) in [6, 6.07) is 9.95. The number of allylic oxidation sites excluding steroid dienone is 1. The van der Waals surface area contributed by atoms with Gasteiger partial charge in [0.2, 0.25) is 5.91 Å². The zero-order valence-corrected chi connectivity index (χ0v) is 10.9. The molecule has 0 N–H and O–H groups in total. The molecule has 0 saturated carbocycles. The van der Waals surface area contributed by atoms with Gasteiger partial charge in [-0.2, -0.15) is 0 Å². The number of carbonyl (C=O) groups is 1. The second kappa shape index (κ2) is 4.03. The number of furan rings is 1. The topological polar surface area (TPSA) is 33.5 Å². The number of benzene rings is 1. The van der Waals surface area contributed by atoms with Crippen molar-refractivity contribution in [2.75, 3.05) is 4.90 Å². The average molecular weight is 269 g/mol. The Kier molecular flexibility index (Phi) is 2.32. The van der Waals surface area contributed by atoms with Crippen LogP contribution in [0.4, 0.5) is 5.69 Å². The van der Waals surface area contributed by atoms with Gasteiger partial charge in [0.15, 0.2) is 0 Å². The molecule has 1 aromatic carbocycles. The number of amides is 1.